The molecule has 162 valence electrons. The summed E-state index contributed by atoms with van der Waals surface area (Å²) in [5.41, 5.74) is 3.98. The fraction of sp³-hybridized carbons (Fsp3) is 0.435. The van der Waals surface area contributed by atoms with Gasteiger partial charge < -0.3 is 10.2 Å². The molecule has 1 aliphatic heterocycles. The third-order valence-corrected chi connectivity index (χ3v) is 5.71. The van der Waals surface area contributed by atoms with Crippen LogP contribution in [-0.4, -0.2) is 43.0 Å². The van der Waals surface area contributed by atoms with Crippen molar-refractivity contribution in [1.82, 2.24) is 4.90 Å². The van der Waals surface area contributed by atoms with Crippen molar-refractivity contribution in [3.8, 4) is 0 Å². The smallest absolute Gasteiger partial charge is 0.369 e. The van der Waals surface area contributed by atoms with E-state index >= 15 is 0 Å². The topological polar surface area (TPSA) is 35.6 Å². The lowest BCUT2D eigenvalue weighted by atomic mass is 10.0. The zero-order valence-electron chi connectivity index (χ0n) is 17.8. The van der Waals surface area contributed by atoms with Gasteiger partial charge in [-0.05, 0) is 57.0 Å². The molecule has 3 rings (SSSR count). The minimum atomic E-state index is -4.35. The van der Waals surface area contributed by atoms with Crippen molar-refractivity contribution in [3.05, 3.63) is 58.7 Å². The number of hydrogen-bond acceptors (Lipinski definition) is 3. The van der Waals surface area contributed by atoms with E-state index in [2.05, 4.69) is 10.2 Å². The second kappa shape index (κ2) is 8.68. The van der Waals surface area contributed by atoms with E-state index in [1.54, 1.807) is 6.07 Å². The van der Waals surface area contributed by atoms with Gasteiger partial charge in [0.25, 0.3) is 0 Å². The number of carbonyl (C=O) groups excluding carboxylic acids is 1. The molecule has 0 aliphatic carbocycles. The number of hydrogen-bond donors (Lipinski definition) is 1. The molecule has 1 N–H and O–H groups in total. The van der Waals surface area contributed by atoms with E-state index in [1.165, 1.54) is 12.1 Å². The molecule has 1 aliphatic rings. The first-order chi connectivity index (χ1) is 14.1. The first-order valence-corrected chi connectivity index (χ1v) is 10.1. The molecule has 0 aromatic heterocycles. The normalized spacial score (nSPS) is 16.4. The molecular formula is C23H28F3N3O. The van der Waals surface area contributed by atoms with Gasteiger partial charge in [-0.15, -0.1) is 0 Å². The summed E-state index contributed by atoms with van der Waals surface area (Å²) >= 11 is 0. The SMILES string of the molecule is Cc1cc(C)c(NC(=O)C(C)N2CCN(c3cccc(C(F)(F)F)c3)CC2)c(C)c1. The Kier molecular flexibility index (Phi) is 6.41. The minimum Gasteiger partial charge on any atom is -0.369 e. The Labute approximate surface area is 175 Å². The van der Waals surface area contributed by atoms with Crippen LogP contribution in [-0.2, 0) is 11.0 Å². The number of anilines is 2. The van der Waals surface area contributed by atoms with Crippen molar-refractivity contribution in [1.29, 1.82) is 0 Å². The number of carbonyl (C=O) groups is 1. The van der Waals surface area contributed by atoms with Crippen molar-refractivity contribution >= 4 is 17.3 Å². The van der Waals surface area contributed by atoms with Crippen molar-refractivity contribution in [3.63, 3.8) is 0 Å². The number of nitrogens with one attached hydrogen (secondary N) is 1. The lowest BCUT2D eigenvalue weighted by molar-refractivity contribution is -0.137. The fourth-order valence-corrected chi connectivity index (χ4v) is 4.02. The number of amides is 1. The number of rotatable bonds is 4. The molecular weight excluding hydrogens is 391 g/mol. The molecule has 1 fully saturated rings. The number of benzene rings is 2. The summed E-state index contributed by atoms with van der Waals surface area (Å²) in [4.78, 5) is 16.8. The van der Waals surface area contributed by atoms with Crippen molar-refractivity contribution in [2.45, 2.75) is 39.9 Å². The molecule has 0 bridgehead atoms. The molecule has 0 saturated carbocycles. The van der Waals surface area contributed by atoms with E-state index in [1.807, 2.05) is 44.7 Å². The van der Waals surface area contributed by atoms with Gasteiger partial charge in [-0.25, -0.2) is 0 Å². The summed E-state index contributed by atoms with van der Waals surface area (Å²) < 4.78 is 38.9. The predicted molar refractivity (Wildman–Crippen MR) is 114 cm³/mol. The zero-order chi connectivity index (χ0) is 22.1. The molecule has 2 aromatic rings. The monoisotopic (exact) mass is 419 g/mol. The number of aryl methyl sites for hydroxylation is 3. The second-order valence-electron chi connectivity index (χ2n) is 8.01. The highest BCUT2D eigenvalue weighted by Crippen LogP contribution is 2.32. The van der Waals surface area contributed by atoms with E-state index < -0.39 is 11.7 Å². The minimum absolute atomic E-state index is 0.0717. The van der Waals surface area contributed by atoms with Crippen LogP contribution >= 0.6 is 0 Å². The Morgan fingerprint density at radius 1 is 1.00 bits per heavy atom. The number of piperazine rings is 1. The highest BCUT2D eigenvalue weighted by molar-refractivity contribution is 5.96. The third kappa shape index (κ3) is 4.95. The molecule has 4 nitrogen and oxygen atoms in total. The molecule has 1 heterocycles. The average molecular weight is 419 g/mol. The maximum Gasteiger partial charge on any atom is 0.416 e. The Hall–Kier alpha value is -2.54. The van der Waals surface area contributed by atoms with Crippen molar-refractivity contribution in [2.75, 3.05) is 36.4 Å². The molecule has 1 amide bonds. The van der Waals surface area contributed by atoms with Crippen LogP contribution in [0.1, 0.15) is 29.2 Å². The lowest BCUT2D eigenvalue weighted by Crippen LogP contribution is -2.53. The van der Waals surface area contributed by atoms with Crippen LogP contribution in [0.2, 0.25) is 0 Å². The number of alkyl halides is 3. The van der Waals surface area contributed by atoms with Gasteiger partial charge in [0.2, 0.25) is 5.91 Å². The second-order valence-corrected chi connectivity index (χ2v) is 8.01. The quantitative estimate of drug-likeness (QED) is 0.775. The zero-order valence-corrected chi connectivity index (χ0v) is 17.8. The van der Waals surface area contributed by atoms with E-state index in [0.29, 0.717) is 31.9 Å². The molecule has 1 atom stereocenters. The van der Waals surface area contributed by atoms with Crippen LogP contribution in [0.15, 0.2) is 36.4 Å². The predicted octanol–water partition coefficient (Wildman–Crippen LogP) is 4.78. The van der Waals surface area contributed by atoms with Gasteiger partial charge in [-0.3, -0.25) is 9.69 Å². The summed E-state index contributed by atoms with van der Waals surface area (Å²) in [6.07, 6.45) is -4.35. The Balaban J connectivity index is 1.62. The number of nitrogens with zero attached hydrogens (tertiary/aromatic N) is 2. The summed E-state index contributed by atoms with van der Waals surface area (Å²) in [5, 5.41) is 3.05. The highest BCUT2D eigenvalue weighted by atomic mass is 19.4. The summed E-state index contributed by atoms with van der Waals surface area (Å²) in [5.74, 6) is -0.0717. The van der Waals surface area contributed by atoms with E-state index in [9.17, 15) is 18.0 Å². The van der Waals surface area contributed by atoms with Crippen LogP contribution in [0.3, 0.4) is 0 Å². The van der Waals surface area contributed by atoms with Gasteiger partial charge in [0.1, 0.15) is 0 Å². The first-order valence-electron chi connectivity index (χ1n) is 10.1. The lowest BCUT2D eigenvalue weighted by Gasteiger charge is -2.38. The van der Waals surface area contributed by atoms with Gasteiger partial charge >= 0.3 is 6.18 Å². The van der Waals surface area contributed by atoms with E-state index in [-0.39, 0.29) is 11.9 Å². The van der Waals surface area contributed by atoms with Gasteiger partial charge in [0, 0.05) is 37.6 Å². The first kappa shape index (κ1) is 22.2. The van der Waals surface area contributed by atoms with Crippen LogP contribution in [0.25, 0.3) is 0 Å². The van der Waals surface area contributed by atoms with Crippen LogP contribution < -0.4 is 10.2 Å². The molecule has 30 heavy (non-hydrogen) atoms. The average Bonchev–Trinajstić information content (AvgIpc) is 2.69. The largest absolute Gasteiger partial charge is 0.416 e. The standard InChI is InChI=1S/C23H28F3N3O/c1-15-12-16(2)21(17(3)13-15)27-22(30)18(4)28-8-10-29(11-9-28)20-7-5-6-19(14-20)23(24,25)26/h5-7,12-14,18H,8-11H2,1-4H3,(H,27,30). The summed E-state index contributed by atoms with van der Waals surface area (Å²) in [7, 11) is 0. The van der Waals surface area contributed by atoms with Gasteiger partial charge in [-0.2, -0.15) is 13.2 Å². The molecule has 7 heteroatoms. The highest BCUT2D eigenvalue weighted by Gasteiger charge is 2.31. The Bertz CT molecular complexity index is 895. The van der Waals surface area contributed by atoms with E-state index in [0.717, 1.165) is 28.4 Å². The molecule has 2 aromatic carbocycles. The number of halogens is 3. The Morgan fingerprint density at radius 3 is 2.17 bits per heavy atom. The van der Waals surface area contributed by atoms with Crippen LogP contribution in [0.5, 0.6) is 0 Å². The Morgan fingerprint density at radius 2 is 1.60 bits per heavy atom. The maximum atomic E-state index is 13.0. The van der Waals surface area contributed by atoms with E-state index in [4.69, 9.17) is 0 Å². The summed E-state index contributed by atoms with van der Waals surface area (Å²) in [6.45, 7) is 10.2. The summed E-state index contributed by atoms with van der Waals surface area (Å²) in [6, 6.07) is 9.17. The van der Waals surface area contributed by atoms with Crippen molar-refractivity contribution < 1.29 is 18.0 Å². The third-order valence-electron chi connectivity index (χ3n) is 5.71. The fourth-order valence-electron chi connectivity index (χ4n) is 4.02. The van der Waals surface area contributed by atoms with Crippen molar-refractivity contribution in [2.24, 2.45) is 0 Å². The molecule has 1 unspecified atom stereocenters. The van der Waals surface area contributed by atoms with Gasteiger partial charge in [0.15, 0.2) is 0 Å². The van der Waals surface area contributed by atoms with Crippen LogP contribution in [0.4, 0.5) is 24.5 Å². The molecule has 0 radical (unpaired) electrons. The van der Waals surface area contributed by atoms with Gasteiger partial charge in [0.05, 0.1) is 11.6 Å². The molecule has 1 saturated heterocycles. The van der Waals surface area contributed by atoms with Crippen LogP contribution in [0, 0.1) is 20.8 Å². The molecule has 0 spiro atoms. The maximum absolute atomic E-state index is 13.0. The van der Waals surface area contributed by atoms with Gasteiger partial charge in [-0.1, -0.05) is 23.8 Å².